The van der Waals surface area contributed by atoms with Gasteiger partial charge in [0.25, 0.3) is 5.92 Å². The molecule has 3 aromatic carbocycles. The fourth-order valence-electron chi connectivity index (χ4n) is 5.42. The number of esters is 1. The number of benzene rings is 3. The van der Waals surface area contributed by atoms with E-state index < -0.39 is 11.7 Å². The van der Waals surface area contributed by atoms with Crippen LogP contribution in [0, 0.1) is 11.7 Å². The number of hydrogen-bond donors (Lipinski definition) is 1. The number of aromatic amines is 1. The molecule has 0 spiro atoms. The molecule has 1 saturated carbocycles. The minimum atomic E-state index is -2.92. The second kappa shape index (κ2) is 10.6. The van der Waals surface area contributed by atoms with Crippen LogP contribution < -0.4 is 0 Å². The molecule has 1 aliphatic carbocycles. The average Bonchev–Trinajstić information content (AvgIpc) is 3.36. The number of nitrogens with zero attached hydrogens (tertiary/aromatic N) is 1. The molecular formula is C31H31F3N2O2. The van der Waals surface area contributed by atoms with Gasteiger partial charge in [-0.3, -0.25) is 4.79 Å². The lowest BCUT2D eigenvalue weighted by atomic mass is 9.77. The van der Waals surface area contributed by atoms with Crippen molar-refractivity contribution >= 4 is 17.0 Å². The summed E-state index contributed by atoms with van der Waals surface area (Å²) < 4.78 is 48.2. The number of methoxy groups -OCH3 is 1. The monoisotopic (exact) mass is 520 g/mol. The third-order valence-electron chi connectivity index (χ3n) is 7.82. The van der Waals surface area contributed by atoms with Crippen molar-refractivity contribution in [2.24, 2.45) is 5.92 Å². The van der Waals surface area contributed by atoms with Gasteiger partial charge in [0.1, 0.15) is 11.6 Å². The van der Waals surface area contributed by atoms with Crippen LogP contribution in [0.5, 0.6) is 0 Å². The van der Waals surface area contributed by atoms with Crippen LogP contribution in [0.3, 0.4) is 0 Å². The van der Waals surface area contributed by atoms with Gasteiger partial charge in [-0.05, 0) is 78.5 Å². The van der Waals surface area contributed by atoms with Crippen LogP contribution in [0.1, 0.15) is 62.5 Å². The van der Waals surface area contributed by atoms with Gasteiger partial charge in [-0.15, -0.1) is 0 Å². The fourth-order valence-corrected chi connectivity index (χ4v) is 5.42. The summed E-state index contributed by atoms with van der Waals surface area (Å²) in [6.07, 6.45) is 4.30. The molecule has 4 nitrogen and oxygen atoms in total. The molecule has 0 bridgehead atoms. The Balaban J connectivity index is 1.30. The maximum atomic E-state index is 15.2. The van der Waals surface area contributed by atoms with Gasteiger partial charge in [-0.25, -0.2) is 18.2 Å². The Morgan fingerprint density at radius 1 is 1.00 bits per heavy atom. The van der Waals surface area contributed by atoms with Crippen molar-refractivity contribution in [3.05, 3.63) is 77.6 Å². The normalized spacial score (nSPS) is 18.0. The minimum absolute atomic E-state index is 0.0868. The number of H-pyrrole nitrogens is 1. The van der Waals surface area contributed by atoms with Crippen molar-refractivity contribution in [2.75, 3.05) is 7.11 Å². The van der Waals surface area contributed by atoms with Gasteiger partial charge in [0.15, 0.2) is 0 Å². The summed E-state index contributed by atoms with van der Waals surface area (Å²) in [7, 11) is 1.43. The molecule has 0 aliphatic heterocycles. The van der Waals surface area contributed by atoms with Gasteiger partial charge in [0.05, 0.1) is 23.7 Å². The van der Waals surface area contributed by atoms with E-state index in [0.29, 0.717) is 35.1 Å². The van der Waals surface area contributed by atoms with Crippen LogP contribution in [-0.4, -0.2) is 23.0 Å². The Morgan fingerprint density at radius 2 is 1.71 bits per heavy atom. The number of carbonyl (C=O) groups excluding carboxylic acids is 1. The third kappa shape index (κ3) is 5.33. The third-order valence-corrected chi connectivity index (χ3v) is 7.82. The molecule has 1 fully saturated rings. The van der Waals surface area contributed by atoms with Gasteiger partial charge in [0, 0.05) is 18.4 Å². The van der Waals surface area contributed by atoms with E-state index in [9.17, 15) is 13.6 Å². The van der Waals surface area contributed by atoms with Crippen LogP contribution in [0.25, 0.3) is 33.5 Å². The van der Waals surface area contributed by atoms with Gasteiger partial charge in [0.2, 0.25) is 0 Å². The number of alkyl halides is 2. The molecule has 198 valence electrons. The fraction of sp³-hybridized carbons (Fsp3) is 0.355. The van der Waals surface area contributed by atoms with Crippen molar-refractivity contribution in [2.45, 2.75) is 57.3 Å². The number of fused-ring (bicyclic) bond motifs is 1. The van der Waals surface area contributed by atoms with E-state index in [1.165, 1.54) is 43.9 Å². The molecule has 5 rings (SSSR count). The van der Waals surface area contributed by atoms with Crippen molar-refractivity contribution in [3.63, 3.8) is 0 Å². The minimum Gasteiger partial charge on any atom is -0.469 e. The zero-order valence-electron chi connectivity index (χ0n) is 21.6. The largest absolute Gasteiger partial charge is 0.469 e. The van der Waals surface area contributed by atoms with E-state index in [1.54, 1.807) is 6.07 Å². The average molecular weight is 521 g/mol. The number of halogens is 3. The molecule has 4 aromatic rings. The van der Waals surface area contributed by atoms with Gasteiger partial charge in [-0.2, -0.15) is 0 Å². The number of aromatic nitrogens is 2. The highest BCUT2D eigenvalue weighted by Crippen LogP contribution is 2.38. The Labute approximate surface area is 220 Å². The Hall–Kier alpha value is -3.61. The summed E-state index contributed by atoms with van der Waals surface area (Å²) >= 11 is 0. The highest BCUT2D eigenvalue weighted by Gasteiger charge is 2.29. The molecule has 1 N–H and O–H groups in total. The lowest BCUT2D eigenvalue weighted by molar-refractivity contribution is -0.142. The van der Waals surface area contributed by atoms with Crippen molar-refractivity contribution < 1.29 is 22.7 Å². The van der Waals surface area contributed by atoms with E-state index >= 15 is 4.39 Å². The zero-order chi connectivity index (χ0) is 26.9. The number of imidazole rings is 1. The second-order valence-electron chi connectivity index (χ2n) is 10.2. The smallest absolute Gasteiger partial charge is 0.305 e. The molecule has 0 saturated heterocycles. The van der Waals surface area contributed by atoms with E-state index in [2.05, 4.69) is 22.1 Å². The topological polar surface area (TPSA) is 55.0 Å². The maximum Gasteiger partial charge on any atom is 0.305 e. The van der Waals surface area contributed by atoms with Crippen LogP contribution >= 0.6 is 0 Å². The first-order valence-electron chi connectivity index (χ1n) is 13.1. The number of carbonyl (C=O) groups is 1. The van der Waals surface area contributed by atoms with Gasteiger partial charge >= 0.3 is 5.97 Å². The van der Waals surface area contributed by atoms with Crippen molar-refractivity contribution in [3.8, 4) is 22.5 Å². The number of rotatable bonds is 7. The first kappa shape index (κ1) is 26.0. The van der Waals surface area contributed by atoms with Crippen LogP contribution in [0.2, 0.25) is 0 Å². The molecule has 0 unspecified atom stereocenters. The van der Waals surface area contributed by atoms with E-state index in [4.69, 9.17) is 4.74 Å². The molecule has 0 radical (unpaired) electrons. The summed E-state index contributed by atoms with van der Waals surface area (Å²) in [5.41, 5.74) is 4.08. The van der Waals surface area contributed by atoms with E-state index in [1.807, 2.05) is 18.2 Å². The van der Waals surface area contributed by atoms with Crippen molar-refractivity contribution in [1.29, 1.82) is 0 Å². The predicted octanol–water partition coefficient (Wildman–Crippen LogP) is 8.37. The Kier molecular flexibility index (Phi) is 7.28. The summed E-state index contributed by atoms with van der Waals surface area (Å²) in [4.78, 5) is 19.0. The molecule has 0 atom stereocenters. The van der Waals surface area contributed by atoms with Crippen molar-refractivity contribution in [1.82, 2.24) is 9.97 Å². The summed E-state index contributed by atoms with van der Waals surface area (Å²) in [5.74, 6) is -2.34. The van der Waals surface area contributed by atoms with Gasteiger partial charge < -0.3 is 9.72 Å². The molecule has 38 heavy (non-hydrogen) atoms. The molecule has 1 aromatic heterocycles. The lowest BCUT2D eigenvalue weighted by Gasteiger charge is -2.28. The summed E-state index contributed by atoms with van der Waals surface area (Å²) in [6.45, 7) is 1.44. The highest BCUT2D eigenvalue weighted by atomic mass is 19.3. The van der Waals surface area contributed by atoms with E-state index in [-0.39, 0.29) is 23.5 Å². The summed E-state index contributed by atoms with van der Waals surface area (Å²) in [6, 6.07) is 17.5. The zero-order valence-corrected chi connectivity index (χ0v) is 21.6. The number of hydrogen-bond acceptors (Lipinski definition) is 3. The first-order valence-corrected chi connectivity index (χ1v) is 13.1. The van der Waals surface area contributed by atoms with Crippen LogP contribution in [-0.2, 0) is 15.5 Å². The molecular weight excluding hydrogens is 489 g/mol. The van der Waals surface area contributed by atoms with Gasteiger partial charge in [-0.1, -0.05) is 43.3 Å². The lowest BCUT2D eigenvalue weighted by Crippen LogP contribution is -2.17. The molecule has 1 aliphatic rings. The summed E-state index contributed by atoms with van der Waals surface area (Å²) in [5, 5.41) is 0. The predicted molar refractivity (Wildman–Crippen MR) is 142 cm³/mol. The SMILES string of the molecule is CCC(F)(F)c1ccc2nc(-c3ccc(-c4ccc(C5CCC(CC(=O)OC)CC5)cc4)cc3F)[nH]c2c1. The molecule has 0 amide bonds. The first-order chi connectivity index (χ1) is 18.3. The maximum absolute atomic E-state index is 15.2. The number of ether oxygens (including phenoxy) is 1. The highest BCUT2D eigenvalue weighted by molar-refractivity contribution is 5.81. The Morgan fingerprint density at radius 3 is 2.37 bits per heavy atom. The molecule has 1 heterocycles. The standard InChI is InChI=1S/C31H31F3N2O2/c1-3-31(33,34)24-13-15-27-28(18-24)36-30(35-27)25-14-12-23(17-26(25)32)22-10-8-21(9-11-22)20-6-4-19(5-7-20)16-29(37)38-2/h8-15,17-20H,3-7,16H2,1-2H3,(H,35,36). The quantitative estimate of drug-likeness (QED) is 0.249. The second-order valence-corrected chi connectivity index (χ2v) is 10.2. The number of nitrogens with one attached hydrogen (secondary N) is 1. The molecule has 7 heteroatoms. The van der Waals surface area contributed by atoms with E-state index in [0.717, 1.165) is 36.8 Å². The van der Waals surface area contributed by atoms with Crippen LogP contribution in [0.15, 0.2) is 60.7 Å². The van der Waals surface area contributed by atoms with Crippen LogP contribution in [0.4, 0.5) is 13.2 Å². The Bertz CT molecular complexity index is 1440.